The number of sulfonamides is 1. The van der Waals surface area contributed by atoms with Crippen LogP contribution in [0.2, 0.25) is 0 Å². The Morgan fingerprint density at radius 3 is 2.73 bits per heavy atom. The normalized spacial score (nSPS) is 18.0. The number of ether oxygens (including phenoxy) is 1. The molecular formula is C13H20N2O5S2. The fraction of sp³-hybridized carbons (Fsp3) is 0.692. The van der Waals surface area contributed by atoms with Crippen LogP contribution >= 0.6 is 11.5 Å². The standard InChI is InChI=1S/C13H20N2O5S2/c1-20-12-10(9-21-14-12)22(18,19)15-13(8-5-11(16)17)6-3-2-4-7-13/h9,15H,2-8H2,1H3,(H,16,17). The van der Waals surface area contributed by atoms with Crippen molar-refractivity contribution in [2.24, 2.45) is 0 Å². The zero-order valence-corrected chi connectivity index (χ0v) is 14.0. The molecule has 7 nitrogen and oxygen atoms in total. The molecule has 0 aromatic carbocycles. The maximum absolute atomic E-state index is 12.6. The van der Waals surface area contributed by atoms with Crippen LogP contribution in [0.25, 0.3) is 0 Å². The molecule has 1 aliphatic carbocycles. The van der Waals surface area contributed by atoms with E-state index in [1.807, 2.05) is 0 Å². The third kappa shape index (κ3) is 3.96. The van der Waals surface area contributed by atoms with Gasteiger partial charge in [-0.3, -0.25) is 4.79 Å². The average Bonchev–Trinajstić information content (AvgIpc) is 2.95. The van der Waals surface area contributed by atoms with Crippen molar-refractivity contribution in [1.82, 2.24) is 9.10 Å². The molecule has 0 amide bonds. The van der Waals surface area contributed by atoms with Crippen molar-refractivity contribution in [1.29, 1.82) is 0 Å². The highest BCUT2D eigenvalue weighted by Crippen LogP contribution is 2.35. The smallest absolute Gasteiger partial charge is 0.303 e. The number of carbonyl (C=O) groups is 1. The molecule has 1 aromatic rings. The Kier molecular flexibility index (Phi) is 5.41. The van der Waals surface area contributed by atoms with Gasteiger partial charge in [-0.2, -0.15) is 4.37 Å². The molecule has 2 rings (SSSR count). The fourth-order valence-electron chi connectivity index (χ4n) is 2.85. The molecule has 1 heterocycles. The number of hydrogen-bond acceptors (Lipinski definition) is 6. The summed E-state index contributed by atoms with van der Waals surface area (Å²) < 4.78 is 36.9. The van der Waals surface area contributed by atoms with Crippen molar-refractivity contribution < 1.29 is 23.1 Å². The van der Waals surface area contributed by atoms with Gasteiger partial charge in [-0.25, -0.2) is 13.1 Å². The molecule has 1 saturated carbocycles. The maximum Gasteiger partial charge on any atom is 0.303 e. The summed E-state index contributed by atoms with van der Waals surface area (Å²) in [4.78, 5) is 10.9. The van der Waals surface area contributed by atoms with Crippen LogP contribution in [0.1, 0.15) is 44.9 Å². The lowest BCUT2D eigenvalue weighted by Gasteiger charge is -2.37. The minimum Gasteiger partial charge on any atom is -0.481 e. The van der Waals surface area contributed by atoms with Gasteiger partial charge in [0.2, 0.25) is 15.9 Å². The highest BCUT2D eigenvalue weighted by molar-refractivity contribution is 7.89. The summed E-state index contributed by atoms with van der Waals surface area (Å²) in [5.41, 5.74) is -0.692. The summed E-state index contributed by atoms with van der Waals surface area (Å²) in [7, 11) is -2.42. The zero-order valence-electron chi connectivity index (χ0n) is 12.4. The molecule has 0 unspecified atom stereocenters. The lowest BCUT2D eigenvalue weighted by molar-refractivity contribution is -0.137. The average molecular weight is 348 g/mol. The molecule has 2 N–H and O–H groups in total. The lowest BCUT2D eigenvalue weighted by atomic mass is 9.79. The Bertz CT molecular complexity index is 620. The second kappa shape index (κ2) is 6.93. The van der Waals surface area contributed by atoms with Gasteiger partial charge in [-0.05, 0) is 30.8 Å². The van der Waals surface area contributed by atoms with Crippen molar-refractivity contribution in [2.75, 3.05) is 7.11 Å². The quantitative estimate of drug-likeness (QED) is 0.781. The highest BCUT2D eigenvalue weighted by atomic mass is 32.2. The molecule has 0 radical (unpaired) electrons. The van der Waals surface area contributed by atoms with E-state index in [2.05, 4.69) is 9.10 Å². The van der Waals surface area contributed by atoms with Gasteiger partial charge >= 0.3 is 5.97 Å². The van der Waals surface area contributed by atoms with E-state index in [4.69, 9.17) is 9.84 Å². The Morgan fingerprint density at radius 1 is 1.45 bits per heavy atom. The van der Waals surface area contributed by atoms with E-state index in [9.17, 15) is 13.2 Å². The number of hydrogen-bond donors (Lipinski definition) is 2. The summed E-state index contributed by atoms with van der Waals surface area (Å²) in [6.07, 6.45) is 4.37. The van der Waals surface area contributed by atoms with Crippen molar-refractivity contribution in [3.63, 3.8) is 0 Å². The monoisotopic (exact) mass is 348 g/mol. The van der Waals surface area contributed by atoms with E-state index in [1.54, 1.807) is 0 Å². The predicted molar refractivity (Wildman–Crippen MR) is 81.7 cm³/mol. The number of aliphatic carboxylic acids is 1. The minimum absolute atomic E-state index is 0.0141. The molecule has 0 bridgehead atoms. The molecule has 124 valence electrons. The fourth-order valence-corrected chi connectivity index (χ4v) is 5.41. The summed E-state index contributed by atoms with van der Waals surface area (Å²) in [5.74, 6) is -0.847. The first-order valence-corrected chi connectivity index (χ1v) is 9.45. The van der Waals surface area contributed by atoms with E-state index in [1.165, 1.54) is 12.5 Å². The first-order valence-electron chi connectivity index (χ1n) is 7.13. The van der Waals surface area contributed by atoms with E-state index >= 15 is 0 Å². The van der Waals surface area contributed by atoms with Crippen molar-refractivity contribution in [3.8, 4) is 5.88 Å². The largest absolute Gasteiger partial charge is 0.481 e. The Morgan fingerprint density at radius 2 is 2.14 bits per heavy atom. The third-order valence-corrected chi connectivity index (χ3v) is 6.30. The Balaban J connectivity index is 2.23. The van der Waals surface area contributed by atoms with Gasteiger partial charge in [-0.1, -0.05) is 19.3 Å². The zero-order chi connectivity index (χ0) is 16.2. The Hall–Kier alpha value is -1.19. The van der Waals surface area contributed by atoms with Crippen LogP contribution in [-0.2, 0) is 14.8 Å². The number of nitrogens with one attached hydrogen (secondary N) is 1. The molecule has 1 fully saturated rings. The molecule has 9 heteroatoms. The van der Waals surface area contributed by atoms with Crippen LogP contribution in [0.3, 0.4) is 0 Å². The first kappa shape index (κ1) is 17.2. The summed E-state index contributed by atoms with van der Waals surface area (Å²) in [6.45, 7) is 0. The molecule has 22 heavy (non-hydrogen) atoms. The SMILES string of the molecule is COc1nscc1S(=O)(=O)NC1(CCC(=O)O)CCCCC1. The summed E-state index contributed by atoms with van der Waals surface area (Å²) in [6, 6.07) is 0. The summed E-state index contributed by atoms with van der Waals surface area (Å²) in [5, 5.41) is 10.3. The molecule has 0 aliphatic heterocycles. The van der Waals surface area contributed by atoms with Gasteiger partial charge < -0.3 is 9.84 Å². The first-order chi connectivity index (χ1) is 10.4. The van der Waals surface area contributed by atoms with Crippen molar-refractivity contribution >= 4 is 27.5 Å². The van der Waals surface area contributed by atoms with Crippen LogP contribution in [0.5, 0.6) is 5.88 Å². The summed E-state index contributed by atoms with van der Waals surface area (Å²) >= 11 is 1.01. The third-order valence-electron chi connectivity index (χ3n) is 3.97. The number of aromatic nitrogens is 1. The minimum atomic E-state index is -3.79. The molecule has 0 spiro atoms. The number of carboxylic acids is 1. The second-order valence-electron chi connectivity index (χ2n) is 5.53. The molecular weight excluding hydrogens is 328 g/mol. The van der Waals surface area contributed by atoms with Gasteiger partial charge in [-0.15, -0.1) is 0 Å². The van der Waals surface area contributed by atoms with Crippen LogP contribution in [0.15, 0.2) is 10.3 Å². The number of rotatable bonds is 7. The van der Waals surface area contributed by atoms with E-state index < -0.39 is 21.5 Å². The van der Waals surface area contributed by atoms with Crippen molar-refractivity contribution in [3.05, 3.63) is 5.38 Å². The number of methoxy groups -OCH3 is 1. The van der Waals surface area contributed by atoms with Gasteiger partial charge in [0.15, 0.2) is 4.90 Å². The number of nitrogens with zero attached hydrogens (tertiary/aromatic N) is 1. The number of carboxylic acid groups (broad SMARTS) is 1. The van der Waals surface area contributed by atoms with Gasteiger partial charge in [0, 0.05) is 17.3 Å². The van der Waals surface area contributed by atoms with Gasteiger partial charge in [0.25, 0.3) is 0 Å². The maximum atomic E-state index is 12.6. The lowest BCUT2D eigenvalue weighted by Crippen LogP contribution is -2.49. The molecule has 1 aliphatic rings. The van der Waals surface area contributed by atoms with E-state index in [0.717, 1.165) is 30.8 Å². The van der Waals surface area contributed by atoms with Gasteiger partial charge in [0.05, 0.1) is 7.11 Å². The van der Waals surface area contributed by atoms with Gasteiger partial charge in [0.1, 0.15) is 0 Å². The van der Waals surface area contributed by atoms with Crippen LogP contribution in [0, 0.1) is 0 Å². The molecule has 0 saturated heterocycles. The highest BCUT2D eigenvalue weighted by Gasteiger charge is 2.38. The van der Waals surface area contributed by atoms with E-state index in [-0.39, 0.29) is 17.2 Å². The Labute approximate surface area is 133 Å². The van der Waals surface area contributed by atoms with Crippen molar-refractivity contribution in [2.45, 2.75) is 55.4 Å². The second-order valence-corrected chi connectivity index (χ2v) is 7.81. The van der Waals surface area contributed by atoms with Crippen LogP contribution < -0.4 is 9.46 Å². The topological polar surface area (TPSA) is 106 Å². The van der Waals surface area contributed by atoms with Crippen LogP contribution in [0.4, 0.5) is 0 Å². The van der Waals surface area contributed by atoms with Crippen LogP contribution in [-0.4, -0.2) is 36.5 Å². The molecule has 1 aromatic heterocycles. The molecule has 0 atom stereocenters. The van der Waals surface area contributed by atoms with E-state index in [0.29, 0.717) is 19.3 Å². The predicted octanol–water partition coefficient (Wildman–Crippen LogP) is 2.00.